The lowest BCUT2D eigenvalue weighted by Gasteiger charge is -2.16. The number of aryl methyl sites for hydroxylation is 1. The SMILES string of the molecule is CCC(Sc1cccc(NC(=O)/C(=C\c2ccc(O)cc2OC)NC(=O)c2ccccc2)c1)C(=O)Nc1ccc(C)c(Cl)c1. The average Bonchev–Trinajstić information content (AvgIpc) is 3.02. The molecule has 44 heavy (non-hydrogen) atoms. The van der Waals surface area contributed by atoms with Gasteiger partial charge in [-0.1, -0.05) is 48.9 Å². The summed E-state index contributed by atoms with van der Waals surface area (Å²) in [6, 6.07) is 25.5. The van der Waals surface area contributed by atoms with Gasteiger partial charge < -0.3 is 25.8 Å². The van der Waals surface area contributed by atoms with Crippen LogP contribution in [0.3, 0.4) is 0 Å². The van der Waals surface area contributed by atoms with Gasteiger partial charge in [0.15, 0.2) is 0 Å². The maximum absolute atomic E-state index is 13.5. The number of benzene rings is 4. The summed E-state index contributed by atoms with van der Waals surface area (Å²) < 4.78 is 5.35. The zero-order chi connectivity index (χ0) is 31.6. The number of phenolic OH excluding ortho intramolecular Hbond substituents is 1. The first-order chi connectivity index (χ1) is 21.2. The smallest absolute Gasteiger partial charge is 0.272 e. The minimum Gasteiger partial charge on any atom is -0.508 e. The van der Waals surface area contributed by atoms with Crippen LogP contribution >= 0.6 is 23.4 Å². The van der Waals surface area contributed by atoms with Gasteiger partial charge in [-0.05, 0) is 79.6 Å². The van der Waals surface area contributed by atoms with Crippen LogP contribution in [0.1, 0.15) is 34.8 Å². The van der Waals surface area contributed by atoms with E-state index in [0.717, 1.165) is 10.5 Å². The van der Waals surface area contributed by atoms with Crippen molar-refractivity contribution in [3.05, 3.63) is 118 Å². The number of methoxy groups -OCH3 is 1. The predicted molar refractivity (Wildman–Crippen MR) is 176 cm³/mol. The standard InChI is InChI=1S/C34H32ClN3O5S/c1-4-31(34(42)37-25-15-13-21(2)28(35)19-25)44-27-12-8-11-24(18-27)36-33(41)29(38-32(40)22-9-6-5-7-10-22)17-23-14-16-26(39)20-30(23)43-3/h5-20,31,39H,4H2,1-3H3,(H,36,41)(H,37,42)(H,38,40)/b29-17+. The van der Waals surface area contributed by atoms with Crippen LogP contribution in [-0.4, -0.2) is 35.2 Å². The summed E-state index contributed by atoms with van der Waals surface area (Å²) in [6.07, 6.45) is 2.04. The zero-order valence-electron chi connectivity index (χ0n) is 24.4. The van der Waals surface area contributed by atoms with Crippen LogP contribution in [-0.2, 0) is 9.59 Å². The fraction of sp³-hybridized carbons (Fsp3) is 0.147. The molecule has 0 saturated heterocycles. The molecule has 0 heterocycles. The van der Waals surface area contributed by atoms with E-state index < -0.39 is 17.1 Å². The second-order valence-corrected chi connectivity index (χ2v) is 11.4. The Morgan fingerprint density at radius 1 is 0.932 bits per heavy atom. The quantitative estimate of drug-likeness (QED) is 0.102. The van der Waals surface area contributed by atoms with Crippen molar-refractivity contribution < 1.29 is 24.2 Å². The molecule has 0 fully saturated rings. The highest BCUT2D eigenvalue weighted by Gasteiger charge is 2.20. The Morgan fingerprint density at radius 3 is 2.39 bits per heavy atom. The molecule has 0 saturated carbocycles. The number of amides is 3. The number of hydrogen-bond donors (Lipinski definition) is 4. The third kappa shape index (κ3) is 8.65. The van der Waals surface area contributed by atoms with Crippen LogP contribution in [0.4, 0.5) is 11.4 Å². The maximum atomic E-state index is 13.5. The van der Waals surface area contributed by atoms with Gasteiger partial charge in [-0.2, -0.15) is 0 Å². The van der Waals surface area contributed by atoms with E-state index in [-0.39, 0.29) is 17.4 Å². The molecule has 0 aromatic heterocycles. The van der Waals surface area contributed by atoms with Crippen molar-refractivity contribution in [3.8, 4) is 11.5 Å². The second-order valence-electron chi connectivity index (χ2n) is 9.75. The van der Waals surface area contributed by atoms with Crippen molar-refractivity contribution in [2.45, 2.75) is 30.4 Å². The van der Waals surface area contributed by atoms with Gasteiger partial charge >= 0.3 is 0 Å². The summed E-state index contributed by atoms with van der Waals surface area (Å²) in [5, 5.41) is 18.5. The molecule has 0 aliphatic rings. The first-order valence-corrected chi connectivity index (χ1v) is 15.0. The van der Waals surface area contributed by atoms with Crippen molar-refractivity contribution in [3.63, 3.8) is 0 Å². The Hall–Kier alpha value is -4.73. The molecule has 4 rings (SSSR count). The Bertz CT molecular complexity index is 1690. The monoisotopic (exact) mass is 629 g/mol. The summed E-state index contributed by atoms with van der Waals surface area (Å²) in [4.78, 5) is 40.3. The molecule has 0 radical (unpaired) electrons. The van der Waals surface area contributed by atoms with E-state index in [1.807, 2.05) is 32.0 Å². The largest absolute Gasteiger partial charge is 0.508 e. The third-order valence-electron chi connectivity index (χ3n) is 6.52. The summed E-state index contributed by atoms with van der Waals surface area (Å²) in [6.45, 7) is 3.82. The summed E-state index contributed by atoms with van der Waals surface area (Å²) >= 11 is 7.58. The Morgan fingerprint density at radius 2 is 1.68 bits per heavy atom. The molecule has 1 atom stereocenters. The van der Waals surface area contributed by atoms with Gasteiger partial charge in [0.05, 0.1) is 12.4 Å². The van der Waals surface area contributed by atoms with Gasteiger partial charge in [-0.25, -0.2) is 0 Å². The van der Waals surface area contributed by atoms with Gasteiger partial charge in [0.2, 0.25) is 5.91 Å². The second kappa shape index (κ2) is 15.1. The molecule has 226 valence electrons. The number of rotatable bonds is 11. The molecule has 0 bridgehead atoms. The fourth-order valence-electron chi connectivity index (χ4n) is 4.14. The van der Waals surface area contributed by atoms with Crippen LogP contribution in [0.5, 0.6) is 11.5 Å². The van der Waals surface area contributed by atoms with E-state index in [1.54, 1.807) is 60.7 Å². The minimum atomic E-state index is -0.576. The molecule has 4 aromatic carbocycles. The Balaban J connectivity index is 1.53. The first kappa shape index (κ1) is 32.2. The van der Waals surface area contributed by atoms with Crippen molar-refractivity contribution in [1.29, 1.82) is 0 Å². The van der Waals surface area contributed by atoms with Crippen molar-refractivity contribution in [1.82, 2.24) is 5.32 Å². The van der Waals surface area contributed by atoms with E-state index >= 15 is 0 Å². The van der Waals surface area contributed by atoms with Gasteiger partial charge in [-0.15, -0.1) is 11.8 Å². The lowest BCUT2D eigenvalue weighted by molar-refractivity contribution is -0.116. The van der Waals surface area contributed by atoms with Gasteiger partial charge in [0.25, 0.3) is 11.8 Å². The number of ether oxygens (including phenoxy) is 1. The molecule has 4 N–H and O–H groups in total. The average molecular weight is 630 g/mol. The summed E-state index contributed by atoms with van der Waals surface area (Å²) in [7, 11) is 1.44. The van der Waals surface area contributed by atoms with Gasteiger partial charge in [-0.3, -0.25) is 14.4 Å². The Labute approximate surface area is 265 Å². The van der Waals surface area contributed by atoms with Crippen molar-refractivity contribution in [2.24, 2.45) is 0 Å². The maximum Gasteiger partial charge on any atom is 0.272 e. The third-order valence-corrected chi connectivity index (χ3v) is 8.28. The van der Waals surface area contributed by atoms with Crippen LogP contribution in [0.25, 0.3) is 6.08 Å². The highest BCUT2D eigenvalue weighted by molar-refractivity contribution is 8.00. The lowest BCUT2D eigenvalue weighted by Crippen LogP contribution is -2.30. The number of aromatic hydroxyl groups is 1. The molecular formula is C34H32ClN3O5S. The molecule has 0 aliphatic heterocycles. The van der Waals surface area contributed by atoms with Crippen molar-refractivity contribution in [2.75, 3.05) is 17.7 Å². The van der Waals surface area contributed by atoms with E-state index in [1.165, 1.54) is 37.1 Å². The van der Waals surface area contributed by atoms with Gasteiger partial charge in [0, 0.05) is 38.5 Å². The summed E-state index contributed by atoms with van der Waals surface area (Å²) in [5.41, 5.74) is 2.82. The molecule has 4 aromatic rings. The van der Waals surface area contributed by atoms with E-state index in [4.69, 9.17) is 16.3 Å². The van der Waals surface area contributed by atoms with E-state index in [0.29, 0.717) is 39.7 Å². The number of carbonyl (C=O) groups excluding carboxylic acids is 3. The molecule has 0 spiro atoms. The molecule has 1 unspecified atom stereocenters. The number of phenols is 1. The highest BCUT2D eigenvalue weighted by atomic mass is 35.5. The number of halogens is 1. The topological polar surface area (TPSA) is 117 Å². The first-order valence-electron chi connectivity index (χ1n) is 13.8. The number of thioether (sulfide) groups is 1. The minimum absolute atomic E-state index is 0.00522. The van der Waals surface area contributed by atoms with E-state index in [9.17, 15) is 19.5 Å². The number of anilines is 2. The summed E-state index contributed by atoms with van der Waals surface area (Å²) in [5.74, 6) is -0.898. The molecule has 3 amide bonds. The predicted octanol–water partition coefficient (Wildman–Crippen LogP) is 7.28. The zero-order valence-corrected chi connectivity index (χ0v) is 26.0. The van der Waals surface area contributed by atoms with Crippen LogP contribution in [0.2, 0.25) is 5.02 Å². The normalized spacial score (nSPS) is 11.8. The molecular weight excluding hydrogens is 598 g/mol. The molecule has 10 heteroatoms. The Kier molecular flexibility index (Phi) is 11.1. The van der Waals surface area contributed by atoms with Crippen molar-refractivity contribution >= 4 is 58.5 Å². The van der Waals surface area contributed by atoms with E-state index in [2.05, 4.69) is 16.0 Å². The fourth-order valence-corrected chi connectivity index (χ4v) is 5.34. The number of hydrogen-bond acceptors (Lipinski definition) is 6. The van der Waals surface area contributed by atoms with Crippen LogP contribution < -0.4 is 20.7 Å². The van der Waals surface area contributed by atoms with Crippen LogP contribution in [0, 0.1) is 6.92 Å². The van der Waals surface area contributed by atoms with Gasteiger partial charge in [0.1, 0.15) is 17.2 Å². The number of nitrogens with one attached hydrogen (secondary N) is 3. The molecule has 8 nitrogen and oxygen atoms in total. The van der Waals surface area contributed by atoms with Crippen LogP contribution in [0.15, 0.2) is 102 Å². The lowest BCUT2D eigenvalue weighted by atomic mass is 10.1. The number of carbonyl (C=O) groups is 3. The highest BCUT2D eigenvalue weighted by Crippen LogP contribution is 2.30. The molecule has 0 aliphatic carbocycles.